The van der Waals surface area contributed by atoms with Crippen LogP contribution in [0.2, 0.25) is 0 Å². The molecule has 0 saturated carbocycles. The number of rotatable bonds is 11. The Hall–Kier alpha value is -3.65. The first-order valence-electron chi connectivity index (χ1n) is 12.4. The Kier molecular flexibility index (Phi) is 10.7. The molecule has 0 aliphatic rings. The van der Waals surface area contributed by atoms with Crippen LogP contribution in [-0.4, -0.2) is 40.8 Å². The van der Waals surface area contributed by atoms with E-state index in [0.29, 0.717) is 23.5 Å². The molecule has 3 aromatic rings. The molecule has 3 aromatic carbocycles. The Bertz CT molecular complexity index is 1140. The summed E-state index contributed by atoms with van der Waals surface area (Å²) in [7, 11) is 0. The summed E-state index contributed by atoms with van der Waals surface area (Å²) in [5, 5.41) is 11.0. The first kappa shape index (κ1) is 27.9. The van der Waals surface area contributed by atoms with Gasteiger partial charge in [0, 0.05) is 0 Å². The van der Waals surface area contributed by atoms with E-state index in [4.69, 9.17) is 9.47 Å². The molecule has 1 unspecified atom stereocenters. The standard InChI is InChI=1S/C29H34N2O5S/c1-4-26(31(29(34)36-6-3)21-23-16-11-8-12-17-23)37-25-19-13-18-24(27(25)32)30(28(33)35-5-2)20-22-14-9-7-10-15-22/h7-19,26,32H,4-6,20-21H2,1-3H3. The summed E-state index contributed by atoms with van der Waals surface area (Å²) in [6.07, 6.45) is -0.349. The summed E-state index contributed by atoms with van der Waals surface area (Å²) < 4.78 is 10.6. The van der Waals surface area contributed by atoms with E-state index in [1.165, 1.54) is 16.7 Å². The van der Waals surface area contributed by atoms with E-state index in [1.807, 2.05) is 67.6 Å². The Labute approximate surface area is 223 Å². The molecule has 37 heavy (non-hydrogen) atoms. The lowest BCUT2D eigenvalue weighted by molar-refractivity contribution is 0.0997. The van der Waals surface area contributed by atoms with Crippen LogP contribution in [0, 0.1) is 0 Å². The highest BCUT2D eigenvalue weighted by Crippen LogP contribution is 2.41. The molecule has 0 aromatic heterocycles. The van der Waals surface area contributed by atoms with Gasteiger partial charge in [-0.2, -0.15) is 0 Å². The van der Waals surface area contributed by atoms with Crippen molar-refractivity contribution in [1.29, 1.82) is 0 Å². The summed E-state index contributed by atoms with van der Waals surface area (Å²) in [4.78, 5) is 29.4. The Morgan fingerprint density at radius 1 is 0.784 bits per heavy atom. The van der Waals surface area contributed by atoms with Gasteiger partial charge in [0.05, 0.1) is 42.3 Å². The highest BCUT2D eigenvalue weighted by molar-refractivity contribution is 8.00. The highest BCUT2D eigenvalue weighted by Gasteiger charge is 2.28. The molecule has 196 valence electrons. The number of aromatic hydroxyl groups is 1. The molecule has 0 radical (unpaired) electrons. The van der Waals surface area contributed by atoms with E-state index >= 15 is 0 Å². The molecule has 1 atom stereocenters. The fourth-order valence-corrected chi connectivity index (χ4v) is 4.94. The van der Waals surface area contributed by atoms with Gasteiger partial charge in [0.15, 0.2) is 5.75 Å². The molecular formula is C29H34N2O5S. The van der Waals surface area contributed by atoms with Crippen LogP contribution in [0.1, 0.15) is 38.3 Å². The Morgan fingerprint density at radius 2 is 1.35 bits per heavy atom. The molecule has 8 heteroatoms. The number of anilines is 1. The molecule has 0 saturated heterocycles. The van der Waals surface area contributed by atoms with Crippen LogP contribution >= 0.6 is 11.8 Å². The zero-order chi connectivity index (χ0) is 26.6. The minimum absolute atomic E-state index is 0.0431. The van der Waals surface area contributed by atoms with Gasteiger partial charge in [0.2, 0.25) is 0 Å². The third-order valence-electron chi connectivity index (χ3n) is 5.60. The van der Waals surface area contributed by atoms with Gasteiger partial charge in [-0.15, -0.1) is 0 Å². The van der Waals surface area contributed by atoms with E-state index in [1.54, 1.807) is 36.9 Å². The van der Waals surface area contributed by atoms with Crippen molar-refractivity contribution in [3.63, 3.8) is 0 Å². The van der Waals surface area contributed by atoms with E-state index in [-0.39, 0.29) is 30.9 Å². The van der Waals surface area contributed by atoms with Crippen molar-refractivity contribution in [1.82, 2.24) is 4.90 Å². The summed E-state index contributed by atoms with van der Waals surface area (Å²) in [5.41, 5.74) is 2.22. The van der Waals surface area contributed by atoms with Gasteiger partial charge in [-0.25, -0.2) is 9.59 Å². The smallest absolute Gasteiger partial charge is 0.414 e. The van der Waals surface area contributed by atoms with E-state index in [2.05, 4.69) is 0 Å². The second-order valence-electron chi connectivity index (χ2n) is 8.19. The quantitative estimate of drug-likeness (QED) is 0.215. The third kappa shape index (κ3) is 7.67. The van der Waals surface area contributed by atoms with E-state index in [9.17, 15) is 14.7 Å². The van der Waals surface area contributed by atoms with Crippen molar-refractivity contribution < 1.29 is 24.2 Å². The maximum absolute atomic E-state index is 12.9. The van der Waals surface area contributed by atoms with Gasteiger partial charge in [0.25, 0.3) is 0 Å². The van der Waals surface area contributed by atoms with Gasteiger partial charge in [-0.05, 0) is 43.5 Å². The molecular weight excluding hydrogens is 488 g/mol. The number of phenolic OH excluding ortho intramolecular Hbond substituents is 1. The zero-order valence-electron chi connectivity index (χ0n) is 21.5. The van der Waals surface area contributed by atoms with Crippen LogP contribution in [0.5, 0.6) is 5.75 Å². The second kappa shape index (κ2) is 14.2. The van der Waals surface area contributed by atoms with Crippen LogP contribution in [0.25, 0.3) is 0 Å². The number of carbonyl (C=O) groups is 2. The third-order valence-corrected chi connectivity index (χ3v) is 7.04. The minimum atomic E-state index is -0.548. The predicted octanol–water partition coefficient (Wildman–Crippen LogP) is 7.04. The van der Waals surface area contributed by atoms with Crippen molar-refractivity contribution >= 4 is 29.6 Å². The topological polar surface area (TPSA) is 79.3 Å². The van der Waals surface area contributed by atoms with Crippen LogP contribution in [0.4, 0.5) is 15.3 Å². The van der Waals surface area contributed by atoms with Gasteiger partial charge in [-0.3, -0.25) is 9.80 Å². The summed E-state index contributed by atoms with van der Waals surface area (Å²) in [6, 6.07) is 24.5. The first-order chi connectivity index (χ1) is 18.0. The molecule has 0 fully saturated rings. The van der Waals surface area contributed by atoms with Crippen molar-refractivity contribution in [3.05, 3.63) is 90.0 Å². The van der Waals surface area contributed by atoms with E-state index in [0.717, 1.165) is 11.1 Å². The lowest BCUT2D eigenvalue weighted by Gasteiger charge is -2.30. The number of benzene rings is 3. The molecule has 2 amide bonds. The number of para-hydroxylation sites is 1. The molecule has 0 aliphatic carbocycles. The number of hydrogen-bond donors (Lipinski definition) is 1. The molecule has 0 bridgehead atoms. The minimum Gasteiger partial charge on any atom is -0.505 e. The van der Waals surface area contributed by atoms with Gasteiger partial charge < -0.3 is 14.6 Å². The van der Waals surface area contributed by atoms with Crippen molar-refractivity contribution in [3.8, 4) is 5.75 Å². The molecule has 0 spiro atoms. The maximum Gasteiger partial charge on any atom is 0.414 e. The predicted molar refractivity (Wildman–Crippen MR) is 147 cm³/mol. The lowest BCUT2D eigenvalue weighted by atomic mass is 10.2. The molecule has 0 aliphatic heterocycles. The number of phenols is 1. The largest absolute Gasteiger partial charge is 0.505 e. The van der Waals surface area contributed by atoms with Gasteiger partial charge in [0.1, 0.15) is 0 Å². The normalized spacial score (nSPS) is 11.4. The number of carbonyl (C=O) groups excluding carboxylic acids is 2. The van der Waals surface area contributed by atoms with E-state index < -0.39 is 12.2 Å². The number of nitrogens with zero attached hydrogens (tertiary/aromatic N) is 2. The van der Waals surface area contributed by atoms with Crippen LogP contribution in [-0.2, 0) is 22.6 Å². The number of thioether (sulfide) groups is 1. The average Bonchev–Trinajstić information content (AvgIpc) is 2.91. The Morgan fingerprint density at radius 3 is 1.92 bits per heavy atom. The van der Waals surface area contributed by atoms with Crippen molar-refractivity contribution in [2.75, 3.05) is 18.1 Å². The highest BCUT2D eigenvalue weighted by atomic mass is 32.2. The zero-order valence-corrected chi connectivity index (χ0v) is 22.3. The fourth-order valence-electron chi connectivity index (χ4n) is 3.82. The van der Waals surface area contributed by atoms with Crippen molar-refractivity contribution in [2.45, 2.75) is 50.6 Å². The summed E-state index contributed by atoms with van der Waals surface area (Å²) in [6.45, 7) is 6.59. The molecule has 3 rings (SSSR count). The SMILES string of the molecule is CCOC(=O)N(Cc1ccccc1)c1cccc(SC(CC)N(Cc2ccccc2)C(=O)OCC)c1O. The first-order valence-corrected chi connectivity index (χ1v) is 13.3. The maximum atomic E-state index is 12.9. The Balaban J connectivity index is 1.92. The van der Waals surface area contributed by atoms with Crippen molar-refractivity contribution in [2.24, 2.45) is 0 Å². The number of ether oxygens (including phenoxy) is 2. The lowest BCUT2D eigenvalue weighted by Crippen LogP contribution is -2.38. The van der Waals surface area contributed by atoms with Crippen LogP contribution in [0.3, 0.4) is 0 Å². The number of amides is 2. The monoisotopic (exact) mass is 522 g/mol. The second-order valence-corrected chi connectivity index (χ2v) is 9.41. The number of hydrogen-bond acceptors (Lipinski definition) is 6. The summed E-state index contributed by atoms with van der Waals surface area (Å²) in [5.74, 6) is -0.0431. The van der Waals surface area contributed by atoms with Crippen LogP contribution < -0.4 is 4.90 Å². The molecule has 7 nitrogen and oxygen atoms in total. The average molecular weight is 523 g/mol. The van der Waals surface area contributed by atoms with Crippen LogP contribution in [0.15, 0.2) is 83.8 Å². The fraction of sp³-hybridized carbons (Fsp3) is 0.310. The van der Waals surface area contributed by atoms with Gasteiger partial charge in [-0.1, -0.05) is 85.4 Å². The molecule has 0 heterocycles. The van der Waals surface area contributed by atoms with Gasteiger partial charge >= 0.3 is 12.2 Å². The summed E-state index contributed by atoms with van der Waals surface area (Å²) >= 11 is 1.36. The molecule has 1 N–H and O–H groups in total.